The van der Waals surface area contributed by atoms with Gasteiger partial charge in [-0.25, -0.2) is 9.97 Å². The Morgan fingerprint density at radius 2 is 1.70 bits per heavy atom. The molecule has 1 saturated heterocycles. The van der Waals surface area contributed by atoms with Gasteiger partial charge in [0.05, 0.1) is 15.6 Å². The standard InChI is InChI=1S/C17H14Br2F3N5/c18-11-2-1-3-23-15(11)26-4-6-27(7-5-26)16-24-13-9-10(17(20,21)22)8-12(19)14(13)25-16/h1-3,8-9H,4-7H2,(H,24,25). The predicted molar refractivity (Wildman–Crippen MR) is 105 cm³/mol. The van der Waals surface area contributed by atoms with E-state index in [1.54, 1.807) is 6.20 Å². The van der Waals surface area contributed by atoms with E-state index in [4.69, 9.17) is 0 Å². The lowest BCUT2D eigenvalue weighted by Gasteiger charge is -2.35. The minimum Gasteiger partial charge on any atom is -0.352 e. The highest BCUT2D eigenvalue weighted by Crippen LogP contribution is 2.35. The van der Waals surface area contributed by atoms with Crippen molar-refractivity contribution in [2.75, 3.05) is 36.0 Å². The highest BCUT2D eigenvalue weighted by Gasteiger charge is 2.32. The van der Waals surface area contributed by atoms with Crippen molar-refractivity contribution in [1.82, 2.24) is 15.0 Å². The molecule has 5 nitrogen and oxygen atoms in total. The molecule has 142 valence electrons. The highest BCUT2D eigenvalue weighted by molar-refractivity contribution is 9.11. The number of pyridine rings is 1. The Balaban J connectivity index is 1.56. The number of anilines is 2. The molecular formula is C17H14Br2F3N5. The van der Waals surface area contributed by atoms with Crippen molar-refractivity contribution >= 4 is 54.7 Å². The molecule has 0 atom stereocenters. The van der Waals surface area contributed by atoms with Crippen molar-refractivity contribution in [3.05, 3.63) is 45.0 Å². The Kier molecular flexibility index (Phi) is 4.79. The van der Waals surface area contributed by atoms with Gasteiger partial charge in [0, 0.05) is 36.8 Å². The van der Waals surface area contributed by atoms with Crippen LogP contribution in [0.2, 0.25) is 0 Å². The predicted octanol–water partition coefficient (Wildman–Crippen LogP) is 4.83. The first kappa shape index (κ1) is 18.5. The van der Waals surface area contributed by atoms with E-state index in [9.17, 15) is 13.2 Å². The Morgan fingerprint density at radius 3 is 2.37 bits per heavy atom. The fourth-order valence-electron chi connectivity index (χ4n) is 3.12. The Hall–Kier alpha value is -1.81. The summed E-state index contributed by atoms with van der Waals surface area (Å²) in [7, 11) is 0. The minimum absolute atomic E-state index is 0.325. The van der Waals surface area contributed by atoms with E-state index in [1.165, 1.54) is 0 Å². The summed E-state index contributed by atoms with van der Waals surface area (Å²) in [6.07, 6.45) is -2.65. The van der Waals surface area contributed by atoms with Gasteiger partial charge in [-0.05, 0) is 56.1 Å². The van der Waals surface area contributed by atoms with Crippen LogP contribution in [0, 0.1) is 0 Å². The second-order valence-electron chi connectivity index (χ2n) is 6.20. The van der Waals surface area contributed by atoms with E-state index in [0.717, 1.165) is 35.5 Å². The second-order valence-corrected chi connectivity index (χ2v) is 7.90. The lowest BCUT2D eigenvalue weighted by atomic mass is 10.2. The van der Waals surface area contributed by atoms with Crippen LogP contribution in [-0.4, -0.2) is 41.1 Å². The van der Waals surface area contributed by atoms with E-state index < -0.39 is 11.7 Å². The van der Waals surface area contributed by atoms with Crippen LogP contribution in [0.5, 0.6) is 0 Å². The van der Waals surface area contributed by atoms with Crippen LogP contribution in [0.4, 0.5) is 24.9 Å². The SMILES string of the molecule is FC(F)(F)c1cc(Br)c2nc(N3CCN(c4ncccc4Br)CC3)[nH]c2c1. The first-order valence-electron chi connectivity index (χ1n) is 8.20. The normalized spacial score (nSPS) is 15.6. The van der Waals surface area contributed by atoms with Gasteiger partial charge in [0.25, 0.3) is 0 Å². The summed E-state index contributed by atoms with van der Waals surface area (Å²) in [5.74, 6) is 1.46. The molecule has 0 saturated carbocycles. The number of halogens is 5. The number of H-pyrrole nitrogens is 1. The molecule has 1 aromatic carbocycles. The molecule has 0 bridgehead atoms. The van der Waals surface area contributed by atoms with Gasteiger partial charge < -0.3 is 14.8 Å². The maximum atomic E-state index is 13.0. The molecule has 1 aliphatic heterocycles. The number of imidazole rings is 1. The van der Waals surface area contributed by atoms with Crippen LogP contribution in [-0.2, 0) is 6.18 Å². The Bertz CT molecular complexity index is 980. The van der Waals surface area contributed by atoms with E-state index in [-0.39, 0.29) is 0 Å². The fraction of sp³-hybridized carbons (Fsp3) is 0.294. The molecular weight excluding hydrogens is 491 g/mol. The zero-order chi connectivity index (χ0) is 19.2. The molecule has 1 fully saturated rings. The van der Waals surface area contributed by atoms with E-state index >= 15 is 0 Å². The largest absolute Gasteiger partial charge is 0.416 e. The third-order valence-electron chi connectivity index (χ3n) is 4.47. The number of alkyl halides is 3. The molecule has 2 aromatic heterocycles. The van der Waals surface area contributed by atoms with Gasteiger partial charge in [0.1, 0.15) is 11.3 Å². The summed E-state index contributed by atoms with van der Waals surface area (Å²) in [6.45, 7) is 2.85. The number of piperazine rings is 1. The molecule has 1 N–H and O–H groups in total. The molecule has 4 rings (SSSR count). The molecule has 10 heteroatoms. The van der Waals surface area contributed by atoms with Gasteiger partial charge in [-0.1, -0.05) is 0 Å². The first-order chi connectivity index (χ1) is 12.8. The van der Waals surface area contributed by atoms with Crippen LogP contribution in [0.15, 0.2) is 39.4 Å². The zero-order valence-corrected chi connectivity index (χ0v) is 17.1. The number of nitrogens with one attached hydrogen (secondary N) is 1. The van der Waals surface area contributed by atoms with Crippen molar-refractivity contribution in [1.29, 1.82) is 0 Å². The van der Waals surface area contributed by atoms with Crippen molar-refractivity contribution in [2.45, 2.75) is 6.18 Å². The summed E-state index contributed by atoms with van der Waals surface area (Å²) < 4.78 is 40.3. The smallest absolute Gasteiger partial charge is 0.352 e. The van der Waals surface area contributed by atoms with Gasteiger partial charge in [-0.15, -0.1) is 0 Å². The van der Waals surface area contributed by atoms with Gasteiger partial charge in [0.15, 0.2) is 0 Å². The summed E-state index contributed by atoms with van der Waals surface area (Å²) >= 11 is 6.72. The van der Waals surface area contributed by atoms with E-state index in [0.29, 0.717) is 34.5 Å². The molecule has 1 aliphatic rings. The number of aromatic amines is 1. The summed E-state index contributed by atoms with van der Waals surface area (Å²) in [5.41, 5.74) is 0.149. The summed E-state index contributed by atoms with van der Waals surface area (Å²) in [5, 5.41) is 0. The quantitative estimate of drug-likeness (QED) is 0.543. The molecule has 27 heavy (non-hydrogen) atoms. The molecule has 3 heterocycles. The lowest BCUT2D eigenvalue weighted by molar-refractivity contribution is -0.137. The number of hydrogen-bond acceptors (Lipinski definition) is 4. The molecule has 0 aliphatic carbocycles. The van der Waals surface area contributed by atoms with Gasteiger partial charge in [-0.3, -0.25) is 0 Å². The van der Waals surface area contributed by atoms with E-state index in [1.807, 2.05) is 17.0 Å². The third-order valence-corrected chi connectivity index (χ3v) is 5.70. The van der Waals surface area contributed by atoms with Gasteiger partial charge >= 0.3 is 6.18 Å². The van der Waals surface area contributed by atoms with Crippen LogP contribution in [0.1, 0.15) is 5.56 Å². The molecule has 3 aromatic rings. The van der Waals surface area contributed by atoms with Crippen LogP contribution >= 0.6 is 31.9 Å². The maximum absolute atomic E-state index is 13.0. The van der Waals surface area contributed by atoms with Crippen molar-refractivity contribution in [3.63, 3.8) is 0 Å². The topological polar surface area (TPSA) is 48.1 Å². The monoisotopic (exact) mass is 503 g/mol. The number of hydrogen-bond donors (Lipinski definition) is 1. The number of rotatable bonds is 2. The third kappa shape index (κ3) is 3.64. The summed E-state index contributed by atoms with van der Waals surface area (Å²) in [6, 6.07) is 5.97. The zero-order valence-electron chi connectivity index (χ0n) is 13.9. The first-order valence-corrected chi connectivity index (χ1v) is 9.78. The number of benzene rings is 1. The highest BCUT2D eigenvalue weighted by atomic mass is 79.9. The lowest BCUT2D eigenvalue weighted by Crippen LogP contribution is -2.47. The fourth-order valence-corrected chi connectivity index (χ4v) is 4.17. The van der Waals surface area contributed by atoms with Crippen LogP contribution in [0.3, 0.4) is 0 Å². The average Bonchev–Trinajstić information content (AvgIpc) is 3.06. The van der Waals surface area contributed by atoms with Crippen LogP contribution in [0.25, 0.3) is 11.0 Å². The number of aromatic nitrogens is 3. The maximum Gasteiger partial charge on any atom is 0.416 e. The Labute approximate surface area is 169 Å². The van der Waals surface area contributed by atoms with Gasteiger partial charge in [0.2, 0.25) is 5.95 Å². The van der Waals surface area contributed by atoms with Crippen molar-refractivity contribution in [3.8, 4) is 0 Å². The van der Waals surface area contributed by atoms with E-state index in [2.05, 4.69) is 51.7 Å². The Morgan fingerprint density at radius 1 is 1.00 bits per heavy atom. The summed E-state index contributed by atoms with van der Waals surface area (Å²) in [4.78, 5) is 16.1. The molecule has 0 amide bonds. The minimum atomic E-state index is -4.40. The van der Waals surface area contributed by atoms with Gasteiger partial charge in [-0.2, -0.15) is 13.2 Å². The number of nitrogens with zero attached hydrogens (tertiary/aromatic N) is 4. The molecule has 0 spiro atoms. The second kappa shape index (κ2) is 6.97. The average molecular weight is 505 g/mol. The van der Waals surface area contributed by atoms with Crippen molar-refractivity contribution in [2.24, 2.45) is 0 Å². The molecule has 0 unspecified atom stereocenters. The van der Waals surface area contributed by atoms with Crippen LogP contribution < -0.4 is 9.80 Å². The number of fused-ring (bicyclic) bond motifs is 1. The van der Waals surface area contributed by atoms with Crippen molar-refractivity contribution < 1.29 is 13.2 Å². The molecule has 0 radical (unpaired) electrons.